The van der Waals surface area contributed by atoms with E-state index in [0.29, 0.717) is 18.6 Å². The molecule has 0 aromatic heterocycles. The van der Waals surface area contributed by atoms with Gasteiger partial charge in [-0.05, 0) is 36.6 Å². The van der Waals surface area contributed by atoms with E-state index in [1.807, 2.05) is 18.2 Å². The SMILES string of the molecule is COCCNC(C)C(C)c1cc(Cl)ccc1OC. The lowest BCUT2D eigenvalue weighted by molar-refractivity contribution is 0.195. The second-order valence-corrected chi connectivity index (χ2v) is 4.85. The quantitative estimate of drug-likeness (QED) is 0.773. The minimum Gasteiger partial charge on any atom is -0.496 e. The van der Waals surface area contributed by atoms with Gasteiger partial charge in [0.05, 0.1) is 13.7 Å². The van der Waals surface area contributed by atoms with Crippen LogP contribution in [0, 0.1) is 0 Å². The van der Waals surface area contributed by atoms with E-state index in [1.165, 1.54) is 0 Å². The van der Waals surface area contributed by atoms with Crippen molar-refractivity contribution in [2.75, 3.05) is 27.4 Å². The zero-order valence-corrected chi connectivity index (χ0v) is 12.3. The molecule has 1 N–H and O–H groups in total. The Morgan fingerprint density at radius 2 is 2.00 bits per heavy atom. The van der Waals surface area contributed by atoms with Crippen molar-refractivity contribution in [2.24, 2.45) is 0 Å². The van der Waals surface area contributed by atoms with Crippen LogP contribution < -0.4 is 10.1 Å². The van der Waals surface area contributed by atoms with E-state index in [4.69, 9.17) is 21.1 Å². The first-order chi connectivity index (χ1) is 8.60. The fourth-order valence-electron chi connectivity index (χ4n) is 1.90. The molecular formula is C14H22ClNO2. The summed E-state index contributed by atoms with van der Waals surface area (Å²) in [6.45, 7) is 5.87. The molecule has 1 aromatic carbocycles. The lowest BCUT2D eigenvalue weighted by Gasteiger charge is -2.23. The van der Waals surface area contributed by atoms with Gasteiger partial charge in [-0.15, -0.1) is 0 Å². The van der Waals surface area contributed by atoms with Gasteiger partial charge in [-0.2, -0.15) is 0 Å². The van der Waals surface area contributed by atoms with Gasteiger partial charge in [-0.3, -0.25) is 0 Å². The number of ether oxygens (including phenoxy) is 2. The van der Waals surface area contributed by atoms with E-state index in [-0.39, 0.29) is 0 Å². The van der Waals surface area contributed by atoms with E-state index in [2.05, 4.69) is 19.2 Å². The lowest BCUT2D eigenvalue weighted by atomic mass is 9.93. The molecule has 0 radical (unpaired) electrons. The van der Waals surface area contributed by atoms with Gasteiger partial charge in [0, 0.05) is 24.7 Å². The largest absolute Gasteiger partial charge is 0.496 e. The van der Waals surface area contributed by atoms with Crippen LogP contribution in [0.25, 0.3) is 0 Å². The standard InChI is InChI=1S/C14H22ClNO2/c1-10(11(2)16-7-8-17-3)13-9-12(15)5-6-14(13)18-4/h5-6,9-11,16H,7-8H2,1-4H3. The number of nitrogens with one attached hydrogen (secondary N) is 1. The van der Waals surface area contributed by atoms with Crippen LogP contribution in [0.2, 0.25) is 5.02 Å². The molecule has 1 rings (SSSR count). The van der Waals surface area contributed by atoms with Crippen molar-refractivity contribution in [3.05, 3.63) is 28.8 Å². The molecule has 18 heavy (non-hydrogen) atoms. The van der Waals surface area contributed by atoms with Crippen LogP contribution in [0.1, 0.15) is 25.3 Å². The average molecular weight is 272 g/mol. The second kappa shape index (κ2) is 7.62. The van der Waals surface area contributed by atoms with E-state index in [0.717, 1.165) is 22.9 Å². The average Bonchev–Trinajstić information content (AvgIpc) is 2.38. The first-order valence-electron chi connectivity index (χ1n) is 6.16. The van der Waals surface area contributed by atoms with Crippen molar-refractivity contribution in [3.63, 3.8) is 0 Å². The summed E-state index contributed by atoms with van der Waals surface area (Å²) in [7, 11) is 3.39. The van der Waals surface area contributed by atoms with Crippen molar-refractivity contribution < 1.29 is 9.47 Å². The first kappa shape index (κ1) is 15.3. The van der Waals surface area contributed by atoms with Crippen LogP contribution in [0.5, 0.6) is 5.75 Å². The van der Waals surface area contributed by atoms with E-state index in [1.54, 1.807) is 14.2 Å². The van der Waals surface area contributed by atoms with Gasteiger partial charge in [0.15, 0.2) is 0 Å². The molecule has 102 valence electrons. The van der Waals surface area contributed by atoms with Crippen LogP contribution in [0.4, 0.5) is 0 Å². The highest BCUT2D eigenvalue weighted by Crippen LogP contribution is 2.31. The van der Waals surface area contributed by atoms with Gasteiger partial charge in [-0.1, -0.05) is 18.5 Å². The monoisotopic (exact) mass is 271 g/mol. The number of benzene rings is 1. The molecular weight excluding hydrogens is 250 g/mol. The van der Waals surface area contributed by atoms with Crippen molar-refractivity contribution in [1.82, 2.24) is 5.32 Å². The predicted molar refractivity (Wildman–Crippen MR) is 75.8 cm³/mol. The molecule has 0 aliphatic heterocycles. The zero-order valence-electron chi connectivity index (χ0n) is 11.5. The maximum atomic E-state index is 6.05. The Balaban J connectivity index is 2.75. The van der Waals surface area contributed by atoms with Gasteiger partial charge in [0.2, 0.25) is 0 Å². The Morgan fingerprint density at radius 1 is 1.28 bits per heavy atom. The number of hydrogen-bond donors (Lipinski definition) is 1. The van der Waals surface area contributed by atoms with Gasteiger partial charge in [-0.25, -0.2) is 0 Å². The highest BCUT2D eigenvalue weighted by molar-refractivity contribution is 6.30. The third-order valence-electron chi connectivity index (χ3n) is 3.20. The van der Waals surface area contributed by atoms with Crippen LogP contribution >= 0.6 is 11.6 Å². The maximum absolute atomic E-state index is 6.05. The Kier molecular flexibility index (Phi) is 6.47. The van der Waals surface area contributed by atoms with Crippen molar-refractivity contribution in [1.29, 1.82) is 0 Å². The van der Waals surface area contributed by atoms with E-state index in [9.17, 15) is 0 Å². The molecule has 0 saturated heterocycles. The third kappa shape index (κ3) is 4.16. The molecule has 0 amide bonds. The Bertz CT molecular complexity index is 371. The van der Waals surface area contributed by atoms with Gasteiger partial charge in [0.25, 0.3) is 0 Å². The smallest absolute Gasteiger partial charge is 0.122 e. The van der Waals surface area contributed by atoms with Gasteiger partial charge in [0.1, 0.15) is 5.75 Å². The number of halogens is 1. The van der Waals surface area contributed by atoms with Gasteiger partial charge >= 0.3 is 0 Å². The summed E-state index contributed by atoms with van der Waals surface area (Å²) >= 11 is 6.05. The Labute approximate surface area is 114 Å². The minimum atomic E-state index is 0.315. The molecule has 0 spiro atoms. The summed E-state index contributed by atoms with van der Waals surface area (Å²) in [5.41, 5.74) is 1.13. The molecule has 0 heterocycles. The second-order valence-electron chi connectivity index (χ2n) is 4.41. The fourth-order valence-corrected chi connectivity index (χ4v) is 2.08. The van der Waals surface area contributed by atoms with Crippen LogP contribution in [-0.4, -0.2) is 33.4 Å². The summed E-state index contributed by atoms with van der Waals surface area (Å²) in [5, 5.41) is 4.17. The van der Waals surface area contributed by atoms with Crippen molar-refractivity contribution in [2.45, 2.75) is 25.8 Å². The van der Waals surface area contributed by atoms with E-state index >= 15 is 0 Å². The maximum Gasteiger partial charge on any atom is 0.122 e. The normalized spacial score (nSPS) is 14.3. The minimum absolute atomic E-state index is 0.315. The number of methoxy groups -OCH3 is 2. The molecule has 0 bridgehead atoms. The Morgan fingerprint density at radius 3 is 2.61 bits per heavy atom. The highest BCUT2D eigenvalue weighted by Gasteiger charge is 2.18. The van der Waals surface area contributed by atoms with Crippen LogP contribution in [0.3, 0.4) is 0 Å². The topological polar surface area (TPSA) is 30.5 Å². The van der Waals surface area contributed by atoms with Crippen LogP contribution in [-0.2, 0) is 4.74 Å². The third-order valence-corrected chi connectivity index (χ3v) is 3.44. The molecule has 3 nitrogen and oxygen atoms in total. The molecule has 0 aliphatic carbocycles. The first-order valence-corrected chi connectivity index (χ1v) is 6.53. The summed E-state index contributed by atoms with van der Waals surface area (Å²) in [5.74, 6) is 1.20. The molecule has 1 aromatic rings. The molecule has 0 aliphatic rings. The van der Waals surface area contributed by atoms with Crippen LogP contribution in [0.15, 0.2) is 18.2 Å². The number of hydrogen-bond acceptors (Lipinski definition) is 3. The summed E-state index contributed by atoms with van der Waals surface area (Å²) in [4.78, 5) is 0. The molecule has 2 atom stereocenters. The van der Waals surface area contributed by atoms with Crippen molar-refractivity contribution >= 4 is 11.6 Å². The number of rotatable bonds is 7. The van der Waals surface area contributed by atoms with E-state index < -0.39 is 0 Å². The predicted octanol–water partition coefficient (Wildman–Crippen LogP) is 3.08. The molecule has 2 unspecified atom stereocenters. The molecule has 0 fully saturated rings. The zero-order chi connectivity index (χ0) is 13.5. The lowest BCUT2D eigenvalue weighted by Crippen LogP contribution is -2.33. The fraction of sp³-hybridized carbons (Fsp3) is 0.571. The molecule has 4 heteroatoms. The summed E-state index contributed by atoms with van der Waals surface area (Å²) < 4.78 is 10.4. The van der Waals surface area contributed by atoms with Crippen molar-refractivity contribution in [3.8, 4) is 5.75 Å². The summed E-state index contributed by atoms with van der Waals surface area (Å²) in [6.07, 6.45) is 0. The Hall–Kier alpha value is -0.770. The highest BCUT2D eigenvalue weighted by atomic mass is 35.5. The van der Waals surface area contributed by atoms with Gasteiger partial charge < -0.3 is 14.8 Å². The summed E-state index contributed by atoms with van der Waals surface area (Å²) in [6, 6.07) is 6.06. The molecule has 0 saturated carbocycles.